The monoisotopic (exact) mass is 510 g/mol. The predicted octanol–water partition coefficient (Wildman–Crippen LogP) is 4.91. The molecule has 1 aliphatic rings. The summed E-state index contributed by atoms with van der Waals surface area (Å²) in [6, 6.07) is 26.1. The zero-order valence-corrected chi connectivity index (χ0v) is 20.9. The number of rotatable bonds is 7. The lowest BCUT2D eigenvalue weighted by atomic mass is 10.0. The van der Waals surface area contributed by atoms with E-state index in [1.165, 1.54) is 11.3 Å². The minimum absolute atomic E-state index is 0.277. The highest BCUT2D eigenvalue weighted by Gasteiger charge is 2.38. The van der Waals surface area contributed by atoms with Crippen LogP contribution in [-0.4, -0.2) is 40.2 Å². The Morgan fingerprint density at radius 1 is 0.892 bits per heavy atom. The van der Waals surface area contributed by atoms with E-state index in [0.717, 1.165) is 11.3 Å². The molecule has 0 aliphatic carbocycles. The fourth-order valence-corrected chi connectivity index (χ4v) is 5.19. The van der Waals surface area contributed by atoms with E-state index in [4.69, 9.17) is 0 Å². The van der Waals surface area contributed by atoms with Crippen molar-refractivity contribution in [1.82, 2.24) is 15.2 Å². The van der Waals surface area contributed by atoms with Crippen molar-refractivity contribution < 1.29 is 14.4 Å². The van der Waals surface area contributed by atoms with Gasteiger partial charge < -0.3 is 15.5 Å². The maximum absolute atomic E-state index is 13.8. The summed E-state index contributed by atoms with van der Waals surface area (Å²) in [4.78, 5) is 46.1. The molecule has 37 heavy (non-hydrogen) atoms. The molecule has 4 aromatic rings. The largest absolute Gasteiger partial charge is 0.336 e. The number of amides is 3. The van der Waals surface area contributed by atoms with Crippen molar-refractivity contribution >= 4 is 34.2 Å². The standard InChI is InChI=1S/C29H26N4O3S/c34-26(22-15-8-3-9-16-22)31-25(21-13-6-2-7-14-21)28(36)33-18-10-17-24(33)27(35)32-29-30-23(19-37-29)20-11-4-1-5-12-20/h1-9,11-16,19,24-25H,10,17-18H2,(H,31,34)(H,30,32,35)/t24-,25+/m0/s1. The van der Waals surface area contributed by atoms with E-state index in [0.29, 0.717) is 35.6 Å². The third-order valence-electron chi connectivity index (χ3n) is 6.33. The van der Waals surface area contributed by atoms with Gasteiger partial charge in [-0.2, -0.15) is 0 Å². The van der Waals surface area contributed by atoms with Crippen LogP contribution in [0.15, 0.2) is 96.4 Å². The summed E-state index contributed by atoms with van der Waals surface area (Å²) in [5.41, 5.74) is 2.88. The van der Waals surface area contributed by atoms with Gasteiger partial charge in [0.05, 0.1) is 5.69 Å². The van der Waals surface area contributed by atoms with Crippen molar-refractivity contribution in [2.45, 2.75) is 24.9 Å². The summed E-state index contributed by atoms with van der Waals surface area (Å²) in [6.07, 6.45) is 1.24. The van der Waals surface area contributed by atoms with Gasteiger partial charge in [-0.25, -0.2) is 4.98 Å². The molecule has 2 atom stereocenters. The molecule has 0 radical (unpaired) electrons. The lowest BCUT2D eigenvalue weighted by Gasteiger charge is -2.28. The summed E-state index contributed by atoms with van der Waals surface area (Å²) >= 11 is 1.35. The van der Waals surface area contributed by atoms with Gasteiger partial charge in [-0.3, -0.25) is 14.4 Å². The second-order valence-corrected chi connectivity index (χ2v) is 9.62. The number of carbonyl (C=O) groups excluding carboxylic acids is 3. The molecule has 1 saturated heterocycles. The first-order valence-corrected chi connectivity index (χ1v) is 13.0. The Bertz CT molecular complexity index is 1380. The molecule has 1 aliphatic heterocycles. The molecular formula is C29H26N4O3S. The van der Waals surface area contributed by atoms with E-state index in [9.17, 15) is 14.4 Å². The molecule has 186 valence electrons. The molecule has 8 heteroatoms. The Labute approximate surface area is 219 Å². The van der Waals surface area contributed by atoms with Crippen LogP contribution in [0, 0.1) is 0 Å². The Hall–Kier alpha value is -4.30. The fourth-order valence-electron chi connectivity index (χ4n) is 4.47. The van der Waals surface area contributed by atoms with Gasteiger partial charge in [0.15, 0.2) is 5.13 Å². The Morgan fingerprint density at radius 3 is 2.24 bits per heavy atom. The number of thiazole rings is 1. The van der Waals surface area contributed by atoms with Crippen molar-refractivity contribution in [3.05, 3.63) is 108 Å². The zero-order valence-electron chi connectivity index (χ0n) is 20.0. The summed E-state index contributed by atoms with van der Waals surface area (Å²) in [6.45, 7) is 0.439. The molecule has 3 aromatic carbocycles. The van der Waals surface area contributed by atoms with E-state index in [2.05, 4.69) is 15.6 Å². The third-order valence-corrected chi connectivity index (χ3v) is 7.09. The average Bonchev–Trinajstić information content (AvgIpc) is 3.63. The Balaban J connectivity index is 1.33. The highest BCUT2D eigenvalue weighted by Crippen LogP contribution is 2.28. The Morgan fingerprint density at radius 2 is 1.54 bits per heavy atom. The minimum atomic E-state index is -0.910. The first kappa shape index (κ1) is 24.4. The van der Waals surface area contributed by atoms with Crippen molar-refractivity contribution in [1.29, 1.82) is 0 Å². The predicted molar refractivity (Wildman–Crippen MR) is 144 cm³/mol. The van der Waals surface area contributed by atoms with Gasteiger partial charge >= 0.3 is 0 Å². The first-order chi connectivity index (χ1) is 18.1. The number of carbonyl (C=O) groups is 3. The third kappa shape index (κ3) is 5.59. The Kier molecular flexibility index (Phi) is 7.37. The lowest BCUT2D eigenvalue weighted by molar-refractivity contribution is -0.138. The van der Waals surface area contributed by atoms with Crippen LogP contribution in [0.3, 0.4) is 0 Å². The maximum Gasteiger partial charge on any atom is 0.252 e. The van der Waals surface area contributed by atoms with Crippen LogP contribution < -0.4 is 10.6 Å². The van der Waals surface area contributed by atoms with Crippen LogP contribution >= 0.6 is 11.3 Å². The molecule has 2 N–H and O–H groups in total. The molecule has 1 aromatic heterocycles. The van der Waals surface area contributed by atoms with Crippen molar-refractivity contribution in [2.24, 2.45) is 0 Å². The van der Waals surface area contributed by atoms with Crippen LogP contribution in [0.1, 0.15) is 34.8 Å². The van der Waals surface area contributed by atoms with Crippen LogP contribution in [0.25, 0.3) is 11.3 Å². The number of hydrogen-bond donors (Lipinski definition) is 2. The summed E-state index contributed by atoms with van der Waals surface area (Å²) in [7, 11) is 0. The number of likely N-dealkylation sites (tertiary alicyclic amines) is 1. The molecule has 2 heterocycles. The zero-order chi connectivity index (χ0) is 25.6. The van der Waals surface area contributed by atoms with Gasteiger partial charge in [-0.1, -0.05) is 78.9 Å². The van der Waals surface area contributed by atoms with E-state index in [1.807, 2.05) is 60.0 Å². The van der Waals surface area contributed by atoms with Crippen LogP contribution in [0.2, 0.25) is 0 Å². The summed E-state index contributed by atoms with van der Waals surface area (Å²) in [5, 5.41) is 8.16. The van der Waals surface area contributed by atoms with Gasteiger partial charge in [0.1, 0.15) is 12.1 Å². The van der Waals surface area contributed by atoms with Crippen LogP contribution in [0.4, 0.5) is 5.13 Å². The number of nitrogens with zero attached hydrogens (tertiary/aromatic N) is 2. The van der Waals surface area contributed by atoms with Gasteiger partial charge in [-0.15, -0.1) is 11.3 Å². The highest BCUT2D eigenvalue weighted by molar-refractivity contribution is 7.14. The topological polar surface area (TPSA) is 91.4 Å². The normalized spacial score (nSPS) is 15.7. The number of nitrogens with one attached hydrogen (secondary N) is 2. The van der Waals surface area contributed by atoms with E-state index >= 15 is 0 Å². The van der Waals surface area contributed by atoms with E-state index in [1.54, 1.807) is 41.3 Å². The molecule has 0 unspecified atom stereocenters. The van der Waals surface area contributed by atoms with Gasteiger partial charge in [0, 0.05) is 23.1 Å². The van der Waals surface area contributed by atoms with Crippen LogP contribution in [-0.2, 0) is 9.59 Å². The van der Waals surface area contributed by atoms with E-state index < -0.39 is 12.1 Å². The highest BCUT2D eigenvalue weighted by atomic mass is 32.1. The van der Waals surface area contributed by atoms with Crippen molar-refractivity contribution in [2.75, 3.05) is 11.9 Å². The molecule has 7 nitrogen and oxygen atoms in total. The number of anilines is 1. The molecular weight excluding hydrogens is 484 g/mol. The summed E-state index contributed by atoms with van der Waals surface area (Å²) < 4.78 is 0. The summed E-state index contributed by atoms with van der Waals surface area (Å²) in [5.74, 6) is -0.933. The van der Waals surface area contributed by atoms with Gasteiger partial charge in [0.2, 0.25) is 11.8 Å². The van der Waals surface area contributed by atoms with Crippen molar-refractivity contribution in [3.8, 4) is 11.3 Å². The molecule has 0 spiro atoms. The quantitative estimate of drug-likeness (QED) is 0.370. The lowest BCUT2D eigenvalue weighted by Crippen LogP contribution is -2.48. The number of aromatic nitrogens is 1. The fraction of sp³-hybridized carbons (Fsp3) is 0.172. The van der Waals surface area contributed by atoms with E-state index in [-0.39, 0.29) is 17.7 Å². The smallest absolute Gasteiger partial charge is 0.252 e. The number of hydrogen-bond acceptors (Lipinski definition) is 5. The van der Waals surface area contributed by atoms with Crippen LogP contribution in [0.5, 0.6) is 0 Å². The first-order valence-electron chi connectivity index (χ1n) is 12.1. The van der Waals surface area contributed by atoms with Gasteiger partial charge in [0.25, 0.3) is 5.91 Å². The van der Waals surface area contributed by atoms with Gasteiger partial charge in [-0.05, 0) is 30.5 Å². The molecule has 5 rings (SSSR count). The second-order valence-electron chi connectivity index (χ2n) is 8.77. The molecule has 3 amide bonds. The number of benzene rings is 3. The second kappa shape index (κ2) is 11.2. The molecule has 0 saturated carbocycles. The molecule has 0 bridgehead atoms. The average molecular weight is 511 g/mol. The SMILES string of the molecule is O=C(N[C@@H](C(=O)N1CCC[C@H]1C(=O)Nc1nc(-c2ccccc2)cs1)c1ccccc1)c1ccccc1. The van der Waals surface area contributed by atoms with Crippen molar-refractivity contribution in [3.63, 3.8) is 0 Å². The minimum Gasteiger partial charge on any atom is -0.336 e. The maximum atomic E-state index is 13.8. The molecule has 1 fully saturated rings.